The third kappa shape index (κ3) is 2.84. The Bertz CT molecular complexity index is 665. The maximum absolute atomic E-state index is 12.0. The number of nitrogens with zero attached hydrogens (tertiary/aromatic N) is 1. The van der Waals surface area contributed by atoms with Crippen molar-refractivity contribution in [1.82, 2.24) is 10.5 Å². The molecule has 0 saturated carbocycles. The van der Waals surface area contributed by atoms with Gasteiger partial charge in [-0.1, -0.05) is 11.2 Å². The second-order valence-electron chi connectivity index (χ2n) is 4.92. The number of ether oxygens (including phenoxy) is 2. The van der Waals surface area contributed by atoms with Crippen molar-refractivity contribution in [3.05, 3.63) is 41.3 Å². The van der Waals surface area contributed by atoms with Crippen LogP contribution < -0.4 is 14.8 Å². The first kappa shape index (κ1) is 13.5. The molecule has 21 heavy (non-hydrogen) atoms. The zero-order valence-corrected chi connectivity index (χ0v) is 11.9. The Hall–Kier alpha value is -2.50. The van der Waals surface area contributed by atoms with E-state index in [1.807, 2.05) is 25.1 Å². The minimum atomic E-state index is -0.269. The molecule has 2 aromatic rings. The predicted octanol–water partition coefficient (Wildman–Crippen LogP) is 2.25. The average Bonchev–Trinajstić information content (AvgIpc) is 2.93. The van der Waals surface area contributed by atoms with Crippen LogP contribution in [0.3, 0.4) is 0 Å². The monoisotopic (exact) mass is 288 g/mol. The number of aryl methyl sites for hydroxylation is 1. The van der Waals surface area contributed by atoms with Crippen LogP contribution in [0.4, 0.5) is 0 Å². The maximum Gasteiger partial charge on any atom is 0.273 e. The number of nitrogens with one attached hydrogen (secondary N) is 1. The van der Waals surface area contributed by atoms with Crippen molar-refractivity contribution >= 4 is 5.91 Å². The minimum absolute atomic E-state index is 0.176. The lowest BCUT2D eigenvalue weighted by Gasteiger charge is -2.20. The quantitative estimate of drug-likeness (QED) is 0.937. The van der Waals surface area contributed by atoms with E-state index >= 15 is 0 Å². The number of carbonyl (C=O) groups excluding carboxylic acids is 1. The van der Waals surface area contributed by atoms with Crippen LogP contribution in [0.1, 0.15) is 34.8 Å². The van der Waals surface area contributed by atoms with Crippen LogP contribution in [0, 0.1) is 6.92 Å². The number of hydrogen-bond acceptors (Lipinski definition) is 5. The first-order valence-corrected chi connectivity index (χ1v) is 6.77. The Morgan fingerprint density at radius 3 is 2.71 bits per heavy atom. The Balaban J connectivity index is 1.73. The Labute approximate surface area is 122 Å². The Kier molecular flexibility index (Phi) is 3.51. The van der Waals surface area contributed by atoms with Gasteiger partial charge in [0.25, 0.3) is 5.91 Å². The summed E-state index contributed by atoms with van der Waals surface area (Å²) in [7, 11) is 0. The van der Waals surface area contributed by atoms with Gasteiger partial charge in [0.05, 0.1) is 6.04 Å². The molecule has 1 atom stereocenters. The fraction of sp³-hybridized carbons (Fsp3) is 0.333. The maximum atomic E-state index is 12.0. The van der Waals surface area contributed by atoms with E-state index in [1.165, 1.54) is 0 Å². The summed E-state index contributed by atoms with van der Waals surface area (Å²) in [6, 6.07) is 7.07. The SMILES string of the molecule is Cc1cc(C(=O)N[C@H](C)c2ccc3c(c2)OCCO3)no1. The third-order valence-corrected chi connectivity index (χ3v) is 3.27. The minimum Gasteiger partial charge on any atom is -0.486 e. The van der Waals surface area contributed by atoms with Gasteiger partial charge in [-0.3, -0.25) is 4.79 Å². The van der Waals surface area contributed by atoms with E-state index in [0.29, 0.717) is 24.7 Å². The number of aromatic nitrogens is 1. The lowest BCUT2D eigenvalue weighted by Crippen LogP contribution is -2.27. The highest BCUT2D eigenvalue weighted by Gasteiger charge is 2.17. The molecule has 6 heteroatoms. The molecule has 1 aliphatic rings. The zero-order chi connectivity index (χ0) is 14.8. The number of carbonyl (C=O) groups is 1. The van der Waals surface area contributed by atoms with Gasteiger partial charge in [-0.25, -0.2) is 0 Å². The zero-order valence-electron chi connectivity index (χ0n) is 11.9. The molecule has 1 N–H and O–H groups in total. The second kappa shape index (κ2) is 5.47. The smallest absolute Gasteiger partial charge is 0.273 e. The van der Waals surface area contributed by atoms with Gasteiger partial charge >= 0.3 is 0 Å². The highest BCUT2D eigenvalue weighted by Crippen LogP contribution is 2.32. The molecule has 3 rings (SSSR count). The summed E-state index contributed by atoms with van der Waals surface area (Å²) in [4.78, 5) is 12.0. The van der Waals surface area contributed by atoms with Gasteiger partial charge in [0, 0.05) is 6.07 Å². The number of hydrogen-bond donors (Lipinski definition) is 1. The number of amides is 1. The van der Waals surface area contributed by atoms with Crippen molar-refractivity contribution in [3.8, 4) is 11.5 Å². The van der Waals surface area contributed by atoms with Crippen molar-refractivity contribution in [2.45, 2.75) is 19.9 Å². The van der Waals surface area contributed by atoms with Crippen LogP contribution in [0.25, 0.3) is 0 Å². The van der Waals surface area contributed by atoms with Gasteiger partial charge in [0.15, 0.2) is 17.2 Å². The molecule has 1 aromatic heterocycles. The van der Waals surface area contributed by atoms with E-state index in [0.717, 1.165) is 11.3 Å². The van der Waals surface area contributed by atoms with Crippen molar-refractivity contribution in [3.63, 3.8) is 0 Å². The molecule has 0 radical (unpaired) electrons. The largest absolute Gasteiger partial charge is 0.486 e. The van der Waals surface area contributed by atoms with Crippen molar-refractivity contribution in [1.29, 1.82) is 0 Å². The van der Waals surface area contributed by atoms with Gasteiger partial charge in [-0.15, -0.1) is 0 Å². The fourth-order valence-electron chi connectivity index (χ4n) is 2.16. The first-order valence-electron chi connectivity index (χ1n) is 6.77. The van der Waals surface area contributed by atoms with E-state index in [-0.39, 0.29) is 17.6 Å². The summed E-state index contributed by atoms with van der Waals surface area (Å²) in [5, 5.41) is 6.58. The summed E-state index contributed by atoms with van der Waals surface area (Å²) in [5.74, 6) is 1.77. The summed E-state index contributed by atoms with van der Waals surface area (Å²) in [6.45, 7) is 4.74. The molecule has 1 aromatic carbocycles. The molecule has 110 valence electrons. The molecule has 1 amide bonds. The standard InChI is InChI=1S/C15H16N2O4/c1-9-7-12(17-21-9)15(18)16-10(2)11-3-4-13-14(8-11)20-6-5-19-13/h3-4,7-8,10H,5-6H2,1-2H3,(H,16,18)/t10-/m1/s1. The molecule has 0 bridgehead atoms. The lowest BCUT2D eigenvalue weighted by molar-refractivity contribution is 0.0930. The van der Waals surface area contributed by atoms with Gasteiger partial charge in [-0.05, 0) is 31.5 Å². The van der Waals surface area contributed by atoms with Gasteiger partial charge in [0.1, 0.15) is 19.0 Å². The van der Waals surface area contributed by atoms with Crippen LogP contribution in [0.15, 0.2) is 28.8 Å². The van der Waals surface area contributed by atoms with Crippen LogP contribution in [-0.4, -0.2) is 24.3 Å². The molecule has 2 heterocycles. The summed E-state index contributed by atoms with van der Waals surface area (Å²) >= 11 is 0. The van der Waals surface area contributed by atoms with Crippen LogP contribution >= 0.6 is 0 Å². The van der Waals surface area contributed by atoms with E-state index in [9.17, 15) is 4.79 Å². The van der Waals surface area contributed by atoms with E-state index < -0.39 is 0 Å². The first-order chi connectivity index (χ1) is 10.1. The van der Waals surface area contributed by atoms with Crippen LogP contribution in [0.5, 0.6) is 11.5 Å². The molecule has 1 aliphatic heterocycles. The predicted molar refractivity (Wildman–Crippen MR) is 74.6 cm³/mol. The van der Waals surface area contributed by atoms with E-state index in [1.54, 1.807) is 13.0 Å². The normalized spacial score (nSPS) is 14.6. The number of rotatable bonds is 3. The number of fused-ring (bicyclic) bond motifs is 1. The summed E-state index contributed by atoms with van der Waals surface area (Å²) in [5.41, 5.74) is 1.21. The Morgan fingerprint density at radius 2 is 2.00 bits per heavy atom. The van der Waals surface area contributed by atoms with E-state index in [2.05, 4.69) is 10.5 Å². The number of benzene rings is 1. The van der Waals surface area contributed by atoms with Gasteiger partial charge in [-0.2, -0.15) is 0 Å². The van der Waals surface area contributed by atoms with Crippen molar-refractivity contribution in [2.24, 2.45) is 0 Å². The topological polar surface area (TPSA) is 73.6 Å². The van der Waals surface area contributed by atoms with Gasteiger partial charge < -0.3 is 19.3 Å². The lowest BCUT2D eigenvalue weighted by atomic mass is 10.1. The molecule has 0 fully saturated rings. The van der Waals surface area contributed by atoms with Crippen molar-refractivity contribution in [2.75, 3.05) is 13.2 Å². The van der Waals surface area contributed by atoms with E-state index in [4.69, 9.17) is 14.0 Å². The molecule has 0 saturated heterocycles. The molecule has 0 aliphatic carbocycles. The summed E-state index contributed by atoms with van der Waals surface area (Å²) < 4.78 is 15.9. The summed E-state index contributed by atoms with van der Waals surface area (Å²) in [6.07, 6.45) is 0. The van der Waals surface area contributed by atoms with Gasteiger partial charge in [0.2, 0.25) is 0 Å². The molecule has 6 nitrogen and oxygen atoms in total. The fourth-order valence-corrected chi connectivity index (χ4v) is 2.16. The van der Waals surface area contributed by atoms with Crippen molar-refractivity contribution < 1.29 is 18.8 Å². The second-order valence-corrected chi connectivity index (χ2v) is 4.92. The molecular weight excluding hydrogens is 272 g/mol. The van der Waals surface area contributed by atoms with Crippen LogP contribution in [0.2, 0.25) is 0 Å². The average molecular weight is 288 g/mol. The molecular formula is C15H16N2O4. The highest BCUT2D eigenvalue weighted by atomic mass is 16.6. The molecule has 0 unspecified atom stereocenters. The third-order valence-electron chi connectivity index (χ3n) is 3.27. The molecule has 0 spiro atoms. The highest BCUT2D eigenvalue weighted by molar-refractivity contribution is 5.92. The van der Waals surface area contributed by atoms with Crippen LogP contribution in [-0.2, 0) is 0 Å². The Morgan fingerprint density at radius 1 is 1.24 bits per heavy atom.